The topological polar surface area (TPSA) is 33.1 Å². The van der Waals surface area contributed by atoms with Crippen LogP contribution in [0.4, 0.5) is 0 Å². The maximum absolute atomic E-state index is 8.89. The van der Waals surface area contributed by atoms with Gasteiger partial charge in [-0.3, -0.25) is 4.98 Å². The largest absolute Gasteiger partial charge is 0.392 e. The van der Waals surface area contributed by atoms with Crippen molar-refractivity contribution in [3.05, 3.63) is 65.5 Å². The quantitative estimate of drug-likeness (QED) is 0.728. The van der Waals surface area contributed by atoms with Crippen LogP contribution in [-0.2, 0) is 6.61 Å². The Morgan fingerprint density at radius 1 is 1.00 bits per heavy atom. The summed E-state index contributed by atoms with van der Waals surface area (Å²) in [6, 6.07) is 11.3. The maximum Gasteiger partial charge on any atom is 0.0681 e. The van der Waals surface area contributed by atoms with Crippen LogP contribution in [-0.4, -0.2) is 10.1 Å². The third-order valence-electron chi connectivity index (χ3n) is 2.15. The average Bonchev–Trinajstić information content (AvgIpc) is 2.38. The third kappa shape index (κ3) is 2.69. The van der Waals surface area contributed by atoms with Gasteiger partial charge in [0, 0.05) is 23.5 Å². The van der Waals surface area contributed by atoms with Crippen molar-refractivity contribution < 1.29 is 5.11 Å². The molecule has 2 heteroatoms. The van der Waals surface area contributed by atoms with E-state index >= 15 is 0 Å². The molecule has 0 aliphatic rings. The van der Waals surface area contributed by atoms with Crippen LogP contribution in [0.1, 0.15) is 16.7 Å². The summed E-state index contributed by atoms with van der Waals surface area (Å²) in [5.41, 5.74) is 2.72. The Balaban J connectivity index is 2.18. The summed E-state index contributed by atoms with van der Waals surface area (Å²) in [5.74, 6) is 6.06. The Hall–Kier alpha value is -2.11. The number of aliphatic hydroxyl groups excluding tert-OH is 1. The molecular weight excluding hydrogens is 198 g/mol. The SMILES string of the molecule is OCc1ccc(C#Cc2cccnc2)cc1. The molecule has 0 spiro atoms. The molecule has 1 aromatic heterocycles. The van der Waals surface area contributed by atoms with E-state index in [1.807, 2.05) is 36.4 Å². The van der Waals surface area contributed by atoms with Crippen LogP contribution in [0.2, 0.25) is 0 Å². The van der Waals surface area contributed by atoms with Crippen LogP contribution in [0, 0.1) is 11.8 Å². The Morgan fingerprint density at radius 2 is 1.75 bits per heavy atom. The molecule has 0 radical (unpaired) electrons. The van der Waals surface area contributed by atoms with Crippen molar-refractivity contribution in [2.45, 2.75) is 6.61 Å². The molecule has 0 bridgehead atoms. The van der Waals surface area contributed by atoms with Crippen LogP contribution in [0.5, 0.6) is 0 Å². The number of hydrogen-bond donors (Lipinski definition) is 1. The first-order valence-electron chi connectivity index (χ1n) is 5.00. The van der Waals surface area contributed by atoms with Gasteiger partial charge in [0.2, 0.25) is 0 Å². The first-order chi connectivity index (χ1) is 7.88. The lowest BCUT2D eigenvalue weighted by Gasteiger charge is -1.94. The summed E-state index contributed by atoms with van der Waals surface area (Å²) in [6.07, 6.45) is 3.45. The van der Waals surface area contributed by atoms with E-state index in [0.29, 0.717) is 0 Å². The number of pyridine rings is 1. The predicted octanol–water partition coefficient (Wildman–Crippen LogP) is 1.97. The van der Waals surface area contributed by atoms with Gasteiger partial charge in [-0.2, -0.15) is 0 Å². The molecule has 2 aromatic rings. The van der Waals surface area contributed by atoms with Crippen molar-refractivity contribution >= 4 is 0 Å². The highest BCUT2D eigenvalue weighted by Crippen LogP contribution is 2.03. The molecule has 78 valence electrons. The van der Waals surface area contributed by atoms with Crippen molar-refractivity contribution in [1.29, 1.82) is 0 Å². The molecule has 1 N–H and O–H groups in total. The summed E-state index contributed by atoms with van der Waals surface area (Å²) in [7, 11) is 0. The lowest BCUT2D eigenvalue weighted by Crippen LogP contribution is -1.82. The monoisotopic (exact) mass is 209 g/mol. The van der Waals surface area contributed by atoms with Gasteiger partial charge in [0.25, 0.3) is 0 Å². The Kier molecular flexibility index (Phi) is 3.32. The summed E-state index contributed by atoms with van der Waals surface area (Å²) in [5, 5.41) is 8.89. The zero-order chi connectivity index (χ0) is 11.2. The van der Waals surface area contributed by atoms with Crippen LogP contribution < -0.4 is 0 Å². The van der Waals surface area contributed by atoms with Gasteiger partial charge in [0.15, 0.2) is 0 Å². The number of aliphatic hydroxyl groups is 1. The van der Waals surface area contributed by atoms with Crippen LogP contribution in [0.25, 0.3) is 0 Å². The van der Waals surface area contributed by atoms with E-state index in [4.69, 9.17) is 5.11 Å². The van der Waals surface area contributed by atoms with Crippen molar-refractivity contribution in [1.82, 2.24) is 4.98 Å². The van der Waals surface area contributed by atoms with Gasteiger partial charge in [0.05, 0.1) is 6.61 Å². The highest BCUT2D eigenvalue weighted by atomic mass is 16.3. The number of benzene rings is 1. The van der Waals surface area contributed by atoms with E-state index in [1.165, 1.54) is 0 Å². The molecule has 0 aliphatic heterocycles. The molecular formula is C14H11NO. The van der Waals surface area contributed by atoms with E-state index in [-0.39, 0.29) is 6.61 Å². The van der Waals surface area contributed by atoms with Crippen LogP contribution in [0.3, 0.4) is 0 Å². The van der Waals surface area contributed by atoms with E-state index in [9.17, 15) is 0 Å². The number of rotatable bonds is 1. The average molecular weight is 209 g/mol. The first-order valence-corrected chi connectivity index (χ1v) is 5.00. The van der Waals surface area contributed by atoms with Gasteiger partial charge < -0.3 is 5.11 Å². The van der Waals surface area contributed by atoms with Crippen LogP contribution in [0.15, 0.2) is 48.8 Å². The molecule has 1 heterocycles. The van der Waals surface area contributed by atoms with E-state index < -0.39 is 0 Å². The first kappa shape index (κ1) is 10.4. The normalized spacial score (nSPS) is 9.31. The lowest BCUT2D eigenvalue weighted by molar-refractivity contribution is 0.282. The standard InChI is InChI=1S/C14H11NO/c16-11-14-7-4-12(5-8-14)3-6-13-2-1-9-15-10-13/h1-2,4-5,7-10,16H,11H2. The Labute approximate surface area is 94.6 Å². The van der Waals surface area contributed by atoms with Gasteiger partial charge >= 0.3 is 0 Å². The Bertz CT molecular complexity index is 506. The minimum Gasteiger partial charge on any atom is -0.392 e. The van der Waals surface area contributed by atoms with E-state index in [1.54, 1.807) is 12.4 Å². The molecule has 0 aliphatic carbocycles. The summed E-state index contributed by atoms with van der Waals surface area (Å²) in [4.78, 5) is 3.99. The van der Waals surface area contributed by atoms with Gasteiger partial charge in [-0.05, 0) is 29.8 Å². The number of nitrogens with zero attached hydrogens (tertiary/aromatic N) is 1. The summed E-state index contributed by atoms with van der Waals surface area (Å²) in [6.45, 7) is 0.0658. The number of aromatic nitrogens is 1. The third-order valence-corrected chi connectivity index (χ3v) is 2.15. The predicted molar refractivity (Wildman–Crippen MR) is 62.6 cm³/mol. The second kappa shape index (κ2) is 5.11. The lowest BCUT2D eigenvalue weighted by atomic mass is 10.1. The fraction of sp³-hybridized carbons (Fsp3) is 0.0714. The minimum absolute atomic E-state index is 0.0658. The second-order valence-electron chi connectivity index (χ2n) is 3.35. The minimum atomic E-state index is 0.0658. The zero-order valence-electron chi connectivity index (χ0n) is 8.72. The van der Waals surface area contributed by atoms with Crippen molar-refractivity contribution in [3.63, 3.8) is 0 Å². The molecule has 0 saturated heterocycles. The second-order valence-corrected chi connectivity index (χ2v) is 3.35. The van der Waals surface area contributed by atoms with Gasteiger partial charge in [-0.15, -0.1) is 0 Å². The fourth-order valence-electron chi connectivity index (χ4n) is 1.27. The highest BCUT2D eigenvalue weighted by Gasteiger charge is 1.89. The zero-order valence-corrected chi connectivity index (χ0v) is 8.72. The molecule has 0 fully saturated rings. The molecule has 2 nitrogen and oxygen atoms in total. The number of hydrogen-bond acceptors (Lipinski definition) is 2. The molecule has 0 saturated carbocycles. The molecule has 2 rings (SSSR count). The van der Waals surface area contributed by atoms with Crippen molar-refractivity contribution in [3.8, 4) is 11.8 Å². The fourth-order valence-corrected chi connectivity index (χ4v) is 1.27. The van der Waals surface area contributed by atoms with E-state index in [2.05, 4.69) is 16.8 Å². The maximum atomic E-state index is 8.89. The smallest absolute Gasteiger partial charge is 0.0681 e. The van der Waals surface area contributed by atoms with Gasteiger partial charge in [-0.1, -0.05) is 24.0 Å². The Morgan fingerprint density at radius 3 is 2.38 bits per heavy atom. The molecule has 0 atom stereocenters. The summed E-state index contributed by atoms with van der Waals surface area (Å²) >= 11 is 0. The van der Waals surface area contributed by atoms with E-state index in [0.717, 1.165) is 16.7 Å². The summed E-state index contributed by atoms with van der Waals surface area (Å²) < 4.78 is 0. The molecule has 1 aromatic carbocycles. The van der Waals surface area contributed by atoms with Crippen molar-refractivity contribution in [2.24, 2.45) is 0 Å². The van der Waals surface area contributed by atoms with Gasteiger partial charge in [-0.25, -0.2) is 0 Å². The highest BCUT2D eigenvalue weighted by molar-refractivity contribution is 5.42. The van der Waals surface area contributed by atoms with Crippen molar-refractivity contribution in [2.75, 3.05) is 0 Å². The molecule has 0 unspecified atom stereocenters. The molecule has 0 amide bonds. The molecule has 16 heavy (non-hydrogen) atoms. The van der Waals surface area contributed by atoms with Gasteiger partial charge in [0.1, 0.15) is 0 Å². The van der Waals surface area contributed by atoms with Crippen LogP contribution >= 0.6 is 0 Å².